The smallest absolute Gasteiger partial charge is 0.319 e. The van der Waals surface area contributed by atoms with Gasteiger partial charge in [-0.3, -0.25) is 9.80 Å². The van der Waals surface area contributed by atoms with Crippen molar-refractivity contribution in [1.29, 1.82) is 0 Å². The lowest BCUT2D eigenvalue weighted by Crippen LogP contribution is -2.54. The first-order chi connectivity index (χ1) is 24.2. The summed E-state index contributed by atoms with van der Waals surface area (Å²) >= 11 is 0. The number of likely N-dealkylation sites (N-methyl/N-ethyl adjacent to an activating group) is 1. The lowest BCUT2D eigenvalue weighted by atomic mass is 9.91. The Bertz CT molecular complexity index is 2240. The molecule has 4 fully saturated rings. The lowest BCUT2D eigenvalue weighted by Gasteiger charge is -2.42. The number of ether oxygens (including phenoxy) is 1. The molecule has 0 spiro atoms. The van der Waals surface area contributed by atoms with Gasteiger partial charge in [-0.05, 0) is 75.3 Å². The average Bonchev–Trinajstić information content (AvgIpc) is 3.82. The molecule has 0 saturated carbocycles. The third-order valence-electron chi connectivity index (χ3n) is 11.6. The van der Waals surface area contributed by atoms with Gasteiger partial charge in [-0.25, -0.2) is 13.2 Å². The molecule has 4 saturated heterocycles. The molecule has 0 unspecified atom stereocenters. The Hall–Kier alpha value is -4.53. The minimum atomic E-state index is -0.926. The second kappa shape index (κ2) is 11.5. The molecule has 6 heterocycles. The summed E-state index contributed by atoms with van der Waals surface area (Å²) in [6.07, 6.45) is 8.98. The normalized spacial score (nSPS) is 25.3. The Labute approximate surface area is 287 Å². The number of piperazine rings is 1. The molecule has 3 aromatic carbocycles. The van der Waals surface area contributed by atoms with Crippen LogP contribution in [0.4, 0.5) is 19.0 Å². The van der Waals surface area contributed by atoms with Crippen LogP contribution in [0.2, 0.25) is 0 Å². The number of phenols is 1. The Morgan fingerprint density at radius 1 is 1.10 bits per heavy atom. The van der Waals surface area contributed by atoms with Gasteiger partial charge >= 0.3 is 6.01 Å². The quantitative estimate of drug-likeness (QED) is 0.190. The zero-order chi connectivity index (χ0) is 34.5. The third kappa shape index (κ3) is 4.68. The van der Waals surface area contributed by atoms with Gasteiger partial charge in [-0.1, -0.05) is 18.9 Å². The predicted octanol–water partition coefficient (Wildman–Crippen LogP) is 7.10. The van der Waals surface area contributed by atoms with Gasteiger partial charge < -0.3 is 19.2 Å². The molecule has 4 atom stereocenters. The molecule has 4 aliphatic heterocycles. The Morgan fingerprint density at radius 3 is 2.66 bits per heavy atom. The molecule has 5 aromatic rings. The number of hydrogen-bond acceptors (Lipinski definition) is 8. The zero-order valence-corrected chi connectivity index (χ0v) is 28.1. The second-order valence-corrected chi connectivity index (χ2v) is 14.5. The van der Waals surface area contributed by atoms with Crippen molar-refractivity contribution in [1.82, 2.24) is 19.8 Å². The summed E-state index contributed by atoms with van der Waals surface area (Å²) in [5, 5.41) is 12.7. The van der Waals surface area contributed by atoms with E-state index in [-0.39, 0.29) is 63.6 Å². The number of alkyl halides is 1. The number of halogens is 3. The molecule has 2 aromatic heterocycles. The molecular weight excluding hydrogens is 643 g/mol. The van der Waals surface area contributed by atoms with Crippen LogP contribution >= 0.6 is 0 Å². The number of hydrogen-bond donors (Lipinski definition) is 1. The van der Waals surface area contributed by atoms with Crippen LogP contribution in [0.1, 0.15) is 50.4 Å². The zero-order valence-electron chi connectivity index (χ0n) is 28.1. The van der Waals surface area contributed by atoms with E-state index in [9.17, 15) is 9.50 Å². The van der Waals surface area contributed by atoms with E-state index < -0.39 is 23.3 Å². The van der Waals surface area contributed by atoms with Gasteiger partial charge in [0, 0.05) is 54.5 Å². The number of benzene rings is 3. The van der Waals surface area contributed by atoms with Crippen molar-refractivity contribution in [3.8, 4) is 35.2 Å². The summed E-state index contributed by atoms with van der Waals surface area (Å²) in [6.45, 7) is 7.99. The van der Waals surface area contributed by atoms with Gasteiger partial charge in [0.05, 0.1) is 22.1 Å². The van der Waals surface area contributed by atoms with Gasteiger partial charge in [0.25, 0.3) is 0 Å². The number of phenolic OH excluding ortho intramolecular Hbond substituents is 1. The van der Waals surface area contributed by atoms with Crippen molar-refractivity contribution in [2.24, 2.45) is 0 Å². The highest BCUT2D eigenvalue weighted by Crippen LogP contribution is 2.48. The standard InChI is InChI=1S/C39H38F3N5O3/c1-4-27-30(41)10-7-22-14-26(48)15-28(31(22)27)32-34(42)35-33(29-13-21(3)50-36(29)32)37(47-24-8-9-25(47)19-45(5-2)18-24)44-38(43-35)49-20-39-11-6-12-46(39)17-23(40)16-39/h1,7,10,13-15,23-25,48H,5-6,8-9,11-12,16-20H2,2-3H3/t23-,24-,25+,39+/m1/s1. The molecule has 0 aliphatic carbocycles. The van der Waals surface area contributed by atoms with Gasteiger partial charge in [0.1, 0.15) is 47.0 Å². The van der Waals surface area contributed by atoms with Crippen LogP contribution in [0.3, 0.4) is 0 Å². The van der Waals surface area contributed by atoms with E-state index in [2.05, 4.69) is 27.5 Å². The fourth-order valence-electron chi connectivity index (χ4n) is 9.44. The first-order valence-corrected chi connectivity index (χ1v) is 17.6. The molecule has 1 N–H and O–H groups in total. The number of likely N-dealkylation sites (tertiary alicyclic amines) is 1. The summed E-state index contributed by atoms with van der Waals surface area (Å²) in [6, 6.07) is 7.79. The first-order valence-electron chi connectivity index (χ1n) is 17.6. The van der Waals surface area contributed by atoms with E-state index in [1.54, 1.807) is 6.92 Å². The summed E-state index contributed by atoms with van der Waals surface area (Å²) in [4.78, 5) is 16.7. The van der Waals surface area contributed by atoms with Gasteiger partial charge in [0.2, 0.25) is 0 Å². The number of fused-ring (bicyclic) bond motifs is 7. The van der Waals surface area contributed by atoms with Crippen molar-refractivity contribution in [2.75, 3.05) is 44.2 Å². The Morgan fingerprint density at radius 2 is 1.90 bits per heavy atom. The number of rotatable bonds is 6. The van der Waals surface area contributed by atoms with Crippen molar-refractivity contribution in [3.05, 3.63) is 53.3 Å². The monoisotopic (exact) mass is 681 g/mol. The minimum Gasteiger partial charge on any atom is -0.508 e. The molecule has 258 valence electrons. The van der Waals surface area contributed by atoms with Crippen LogP contribution in [0.25, 0.3) is 43.8 Å². The maximum absolute atomic E-state index is 17.6. The second-order valence-electron chi connectivity index (χ2n) is 14.5. The molecule has 0 radical (unpaired) electrons. The minimum absolute atomic E-state index is 0.00889. The molecule has 9 rings (SSSR count). The van der Waals surface area contributed by atoms with Crippen LogP contribution in [-0.2, 0) is 0 Å². The lowest BCUT2D eigenvalue weighted by molar-refractivity contribution is 0.107. The summed E-state index contributed by atoms with van der Waals surface area (Å²) in [5.74, 6) is 2.05. The van der Waals surface area contributed by atoms with E-state index in [4.69, 9.17) is 25.5 Å². The van der Waals surface area contributed by atoms with Crippen LogP contribution in [0.15, 0.2) is 34.7 Å². The van der Waals surface area contributed by atoms with E-state index in [1.807, 2.05) is 6.07 Å². The number of terminal acetylenes is 1. The molecule has 8 nitrogen and oxygen atoms in total. The molecular formula is C39H38F3N5O3. The van der Waals surface area contributed by atoms with Crippen LogP contribution in [-0.4, -0.2) is 88.0 Å². The van der Waals surface area contributed by atoms with E-state index >= 15 is 8.78 Å². The van der Waals surface area contributed by atoms with Crippen LogP contribution in [0, 0.1) is 30.9 Å². The molecule has 2 bridgehead atoms. The number of furan rings is 1. The van der Waals surface area contributed by atoms with Crippen LogP contribution in [0.5, 0.6) is 11.8 Å². The number of aromatic hydroxyl groups is 1. The molecule has 4 aliphatic rings. The fraction of sp³-hybridized carbons (Fsp3) is 0.436. The van der Waals surface area contributed by atoms with Crippen LogP contribution < -0.4 is 9.64 Å². The average molecular weight is 682 g/mol. The summed E-state index contributed by atoms with van der Waals surface area (Å²) < 4.78 is 60.1. The summed E-state index contributed by atoms with van der Waals surface area (Å²) in [5.41, 5.74) is -0.0499. The van der Waals surface area contributed by atoms with E-state index in [0.717, 1.165) is 51.9 Å². The third-order valence-corrected chi connectivity index (χ3v) is 11.6. The Kier molecular flexibility index (Phi) is 7.24. The van der Waals surface area contributed by atoms with E-state index in [0.29, 0.717) is 40.7 Å². The number of anilines is 1. The first kappa shape index (κ1) is 31.5. The van der Waals surface area contributed by atoms with Gasteiger partial charge in [0.15, 0.2) is 5.82 Å². The maximum Gasteiger partial charge on any atom is 0.319 e. The molecule has 0 amide bonds. The number of aromatic nitrogens is 2. The topological polar surface area (TPSA) is 78.1 Å². The van der Waals surface area contributed by atoms with Crippen molar-refractivity contribution < 1.29 is 27.4 Å². The highest BCUT2D eigenvalue weighted by Gasteiger charge is 2.49. The number of aryl methyl sites for hydroxylation is 1. The molecule has 50 heavy (non-hydrogen) atoms. The van der Waals surface area contributed by atoms with Gasteiger partial charge in [-0.15, -0.1) is 6.42 Å². The maximum atomic E-state index is 17.6. The van der Waals surface area contributed by atoms with Gasteiger partial charge in [-0.2, -0.15) is 9.97 Å². The van der Waals surface area contributed by atoms with E-state index in [1.165, 1.54) is 24.3 Å². The highest BCUT2D eigenvalue weighted by atomic mass is 19.1. The van der Waals surface area contributed by atoms with Crippen molar-refractivity contribution >= 4 is 38.5 Å². The number of nitrogens with zero attached hydrogens (tertiary/aromatic N) is 5. The fourth-order valence-corrected chi connectivity index (χ4v) is 9.44. The predicted molar refractivity (Wildman–Crippen MR) is 186 cm³/mol. The summed E-state index contributed by atoms with van der Waals surface area (Å²) in [7, 11) is 0. The van der Waals surface area contributed by atoms with Crippen molar-refractivity contribution in [2.45, 2.75) is 69.7 Å². The van der Waals surface area contributed by atoms with Crippen molar-refractivity contribution in [3.63, 3.8) is 0 Å². The largest absolute Gasteiger partial charge is 0.508 e. The SMILES string of the molecule is C#Cc1c(F)ccc2cc(O)cc(-c3c(F)c4nc(OC[C@@]56CCCN5C[C@H](F)C6)nc(N5[C@@H]6CC[C@H]5CN(CC)C6)c4c4cc(C)oc34)c12. The Balaban J connectivity index is 1.30. The highest BCUT2D eigenvalue weighted by molar-refractivity contribution is 6.18. The molecule has 11 heteroatoms.